The van der Waals surface area contributed by atoms with Crippen molar-refractivity contribution in [1.29, 1.82) is 0 Å². The van der Waals surface area contributed by atoms with E-state index in [2.05, 4.69) is 17.1 Å². The molecule has 1 aliphatic heterocycles. The third-order valence-corrected chi connectivity index (χ3v) is 6.23. The first-order valence-corrected chi connectivity index (χ1v) is 9.26. The van der Waals surface area contributed by atoms with Gasteiger partial charge >= 0.3 is 0 Å². The first-order chi connectivity index (χ1) is 10.8. The molecule has 2 unspecified atom stereocenters. The highest BCUT2D eigenvalue weighted by Crippen LogP contribution is 2.49. The first-order valence-electron chi connectivity index (χ1n) is 9.26. The third kappa shape index (κ3) is 3.72. The Kier molecular flexibility index (Phi) is 6.09. The Morgan fingerprint density at radius 2 is 1.96 bits per heavy atom. The van der Waals surface area contributed by atoms with Crippen LogP contribution >= 0.6 is 0 Å². The second-order valence-electron chi connectivity index (χ2n) is 7.76. The zero-order chi connectivity index (χ0) is 17.1. The van der Waals surface area contributed by atoms with E-state index in [1.165, 1.54) is 25.9 Å². The van der Waals surface area contributed by atoms with Crippen molar-refractivity contribution >= 4 is 5.91 Å². The van der Waals surface area contributed by atoms with Gasteiger partial charge < -0.3 is 20.7 Å². The molecule has 23 heavy (non-hydrogen) atoms. The van der Waals surface area contributed by atoms with Crippen molar-refractivity contribution in [1.82, 2.24) is 10.2 Å². The molecule has 1 heterocycles. The quantitative estimate of drug-likeness (QED) is 0.748. The van der Waals surface area contributed by atoms with Crippen molar-refractivity contribution in [3.05, 3.63) is 0 Å². The molecule has 0 bridgehead atoms. The van der Waals surface area contributed by atoms with Crippen molar-refractivity contribution in [2.75, 3.05) is 32.8 Å². The maximum Gasteiger partial charge on any atom is 0.240 e. The normalized spacial score (nSPS) is 31.6. The Hall–Kier alpha value is -0.650. The lowest BCUT2D eigenvalue weighted by atomic mass is 9.54. The van der Waals surface area contributed by atoms with Gasteiger partial charge in [0.15, 0.2) is 0 Å². The number of nitrogens with zero attached hydrogens (tertiary/aromatic N) is 1. The predicted molar refractivity (Wildman–Crippen MR) is 93.2 cm³/mol. The van der Waals surface area contributed by atoms with Gasteiger partial charge in [0.05, 0.1) is 6.10 Å². The average Bonchev–Trinajstić information content (AvgIpc) is 2.55. The summed E-state index contributed by atoms with van der Waals surface area (Å²) in [5.74, 6) is 0.724. The number of ether oxygens (including phenoxy) is 1. The van der Waals surface area contributed by atoms with E-state index in [0.717, 1.165) is 25.4 Å². The lowest BCUT2D eigenvalue weighted by molar-refractivity contribution is -0.170. The number of carbonyl (C=O) groups excluding carboxylic acids is 1. The largest absolute Gasteiger partial charge is 0.378 e. The van der Waals surface area contributed by atoms with Crippen LogP contribution in [0, 0.1) is 11.3 Å². The summed E-state index contributed by atoms with van der Waals surface area (Å²) < 4.78 is 5.69. The molecule has 2 fully saturated rings. The summed E-state index contributed by atoms with van der Waals surface area (Å²) in [7, 11) is 0. The summed E-state index contributed by atoms with van der Waals surface area (Å²) in [6, 6.07) is 0. The third-order valence-electron chi connectivity index (χ3n) is 6.23. The second kappa shape index (κ2) is 7.49. The maximum atomic E-state index is 12.6. The molecule has 5 heteroatoms. The number of likely N-dealkylation sites (tertiary alicyclic amines) is 1. The molecule has 0 aromatic carbocycles. The fourth-order valence-corrected chi connectivity index (χ4v) is 3.96. The highest BCUT2D eigenvalue weighted by atomic mass is 16.5. The van der Waals surface area contributed by atoms with Crippen LogP contribution in [-0.4, -0.2) is 55.2 Å². The van der Waals surface area contributed by atoms with Gasteiger partial charge in [-0.05, 0) is 51.7 Å². The number of carbonyl (C=O) groups is 1. The van der Waals surface area contributed by atoms with E-state index in [0.29, 0.717) is 13.0 Å². The second-order valence-corrected chi connectivity index (χ2v) is 7.76. The molecule has 0 aromatic heterocycles. The fraction of sp³-hybridized carbons (Fsp3) is 0.944. The molecule has 2 atom stereocenters. The minimum absolute atomic E-state index is 0.00977. The van der Waals surface area contributed by atoms with Crippen LogP contribution in [0.5, 0.6) is 0 Å². The van der Waals surface area contributed by atoms with E-state index in [4.69, 9.17) is 10.5 Å². The molecule has 0 spiro atoms. The predicted octanol–water partition coefficient (Wildman–Crippen LogP) is 1.76. The molecule has 2 rings (SSSR count). The van der Waals surface area contributed by atoms with Gasteiger partial charge in [0.1, 0.15) is 5.54 Å². The molecule has 0 aromatic rings. The molecule has 1 saturated heterocycles. The van der Waals surface area contributed by atoms with Crippen LogP contribution < -0.4 is 11.1 Å². The number of amides is 1. The van der Waals surface area contributed by atoms with E-state index in [9.17, 15) is 4.79 Å². The van der Waals surface area contributed by atoms with Crippen LogP contribution in [0.25, 0.3) is 0 Å². The van der Waals surface area contributed by atoms with Crippen molar-refractivity contribution < 1.29 is 9.53 Å². The Morgan fingerprint density at radius 3 is 2.48 bits per heavy atom. The van der Waals surface area contributed by atoms with Gasteiger partial charge in [-0.3, -0.25) is 4.79 Å². The molecule has 1 amide bonds. The highest BCUT2D eigenvalue weighted by molar-refractivity contribution is 5.88. The lowest BCUT2D eigenvalue weighted by Gasteiger charge is -2.57. The van der Waals surface area contributed by atoms with Crippen LogP contribution in [0.15, 0.2) is 0 Å². The van der Waals surface area contributed by atoms with E-state index in [1.54, 1.807) is 0 Å². The van der Waals surface area contributed by atoms with Crippen LogP contribution in [-0.2, 0) is 9.53 Å². The molecule has 3 N–H and O–H groups in total. The number of hydrogen-bond donors (Lipinski definition) is 2. The molecule has 5 nitrogen and oxygen atoms in total. The van der Waals surface area contributed by atoms with Gasteiger partial charge in [0.25, 0.3) is 0 Å². The van der Waals surface area contributed by atoms with Gasteiger partial charge in [-0.2, -0.15) is 0 Å². The molecule has 0 radical (unpaired) electrons. The SMILES string of the molecule is CCOC1CC(N)(C(=O)NCCC2CCN(CC)CC2)C1(C)C. The van der Waals surface area contributed by atoms with Gasteiger partial charge in [-0.25, -0.2) is 0 Å². The summed E-state index contributed by atoms with van der Waals surface area (Å²) in [5.41, 5.74) is 5.30. The van der Waals surface area contributed by atoms with Crippen molar-refractivity contribution in [2.24, 2.45) is 17.1 Å². The summed E-state index contributed by atoms with van der Waals surface area (Å²) in [5, 5.41) is 3.08. The average molecular weight is 325 g/mol. The number of hydrogen-bond acceptors (Lipinski definition) is 4. The molecule has 134 valence electrons. The van der Waals surface area contributed by atoms with Crippen molar-refractivity contribution in [2.45, 2.75) is 65.0 Å². The lowest BCUT2D eigenvalue weighted by Crippen LogP contribution is -2.75. The van der Waals surface area contributed by atoms with Crippen molar-refractivity contribution in [3.8, 4) is 0 Å². The Bertz CT molecular complexity index is 405. The Morgan fingerprint density at radius 1 is 1.30 bits per heavy atom. The molecule has 1 saturated carbocycles. The zero-order valence-corrected chi connectivity index (χ0v) is 15.4. The Balaban J connectivity index is 1.73. The van der Waals surface area contributed by atoms with E-state index in [1.807, 2.05) is 20.8 Å². The molecular weight excluding hydrogens is 290 g/mol. The summed E-state index contributed by atoms with van der Waals surface area (Å²) >= 11 is 0. The Labute approximate surface area is 141 Å². The minimum Gasteiger partial charge on any atom is -0.378 e. The van der Waals surface area contributed by atoms with Gasteiger partial charge in [-0.15, -0.1) is 0 Å². The van der Waals surface area contributed by atoms with E-state index in [-0.39, 0.29) is 17.4 Å². The highest BCUT2D eigenvalue weighted by Gasteiger charge is 2.62. The summed E-state index contributed by atoms with van der Waals surface area (Å²) in [6.45, 7) is 13.2. The zero-order valence-electron chi connectivity index (χ0n) is 15.4. The monoisotopic (exact) mass is 325 g/mol. The minimum atomic E-state index is -0.793. The molecule has 2 aliphatic rings. The standard InChI is InChI=1S/C18H35N3O2/c1-5-21-11-8-14(9-12-21)7-10-20-16(22)18(19)13-15(23-6-2)17(18,3)4/h14-15H,5-13,19H2,1-4H3,(H,20,22). The van der Waals surface area contributed by atoms with Crippen LogP contribution in [0.4, 0.5) is 0 Å². The molecular formula is C18H35N3O2. The number of rotatable bonds is 7. The molecule has 1 aliphatic carbocycles. The van der Waals surface area contributed by atoms with Gasteiger partial charge in [0, 0.05) is 25.0 Å². The van der Waals surface area contributed by atoms with Crippen molar-refractivity contribution in [3.63, 3.8) is 0 Å². The van der Waals surface area contributed by atoms with Gasteiger partial charge in [-0.1, -0.05) is 20.8 Å². The number of nitrogens with one attached hydrogen (secondary N) is 1. The van der Waals surface area contributed by atoms with E-state index >= 15 is 0 Å². The summed E-state index contributed by atoms with van der Waals surface area (Å²) in [6.07, 6.45) is 4.26. The number of piperidine rings is 1. The summed E-state index contributed by atoms with van der Waals surface area (Å²) in [4.78, 5) is 15.0. The number of nitrogens with two attached hydrogens (primary N) is 1. The smallest absolute Gasteiger partial charge is 0.240 e. The van der Waals surface area contributed by atoms with Crippen LogP contribution in [0.3, 0.4) is 0 Å². The topological polar surface area (TPSA) is 67.6 Å². The first kappa shape index (κ1) is 18.7. The van der Waals surface area contributed by atoms with Crippen LogP contribution in [0.1, 0.15) is 53.4 Å². The maximum absolute atomic E-state index is 12.6. The van der Waals surface area contributed by atoms with Gasteiger partial charge in [0.2, 0.25) is 5.91 Å². The fourth-order valence-electron chi connectivity index (χ4n) is 3.96. The van der Waals surface area contributed by atoms with Crippen LogP contribution in [0.2, 0.25) is 0 Å². The van der Waals surface area contributed by atoms with E-state index < -0.39 is 5.54 Å².